The molecular weight excluding hydrogens is 308 g/mol. The highest BCUT2D eigenvalue weighted by atomic mass is 35.5. The molecule has 0 fully saturated rings. The summed E-state index contributed by atoms with van der Waals surface area (Å²) in [5.41, 5.74) is 3.74. The minimum absolute atomic E-state index is 0.0757. The Balaban J connectivity index is 1.57. The molecule has 1 unspecified atom stereocenters. The number of hydrogen-bond donors (Lipinski definition) is 2. The first-order chi connectivity index (χ1) is 11.1. The lowest BCUT2D eigenvalue weighted by Gasteiger charge is -2.26. The molecule has 0 bridgehead atoms. The van der Waals surface area contributed by atoms with E-state index in [4.69, 9.17) is 11.6 Å². The molecule has 3 nitrogen and oxygen atoms in total. The van der Waals surface area contributed by atoms with Crippen LogP contribution in [0.5, 0.6) is 0 Å². The minimum atomic E-state index is -0.0762. The third kappa shape index (κ3) is 3.92. The Morgan fingerprint density at radius 3 is 2.65 bits per heavy atom. The van der Waals surface area contributed by atoms with Crippen LogP contribution in [0.15, 0.2) is 48.5 Å². The Morgan fingerprint density at radius 1 is 1.17 bits per heavy atom. The van der Waals surface area contributed by atoms with E-state index in [0.29, 0.717) is 11.6 Å². The molecule has 2 N–H and O–H groups in total. The molecular formula is C19H22ClN2O+. The molecule has 3 rings (SSSR count). The van der Waals surface area contributed by atoms with Gasteiger partial charge in [0.05, 0.1) is 12.6 Å². The zero-order valence-corrected chi connectivity index (χ0v) is 14.1. The molecule has 23 heavy (non-hydrogen) atoms. The SMILES string of the molecule is C[C@H](NC(=O)C[NH+]1CCc2ccccc2C1)c1ccccc1Cl. The van der Waals surface area contributed by atoms with Crippen molar-refractivity contribution in [1.82, 2.24) is 5.32 Å². The predicted molar refractivity (Wildman–Crippen MR) is 92.6 cm³/mol. The maximum absolute atomic E-state index is 12.3. The highest BCUT2D eigenvalue weighted by Crippen LogP contribution is 2.21. The highest BCUT2D eigenvalue weighted by Gasteiger charge is 2.22. The summed E-state index contributed by atoms with van der Waals surface area (Å²) in [6, 6.07) is 16.1. The zero-order valence-electron chi connectivity index (χ0n) is 13.3. The summed E-state index contributed by atoms with van der Waals surface area (Å²) in [6.45, 7) is 4.40. The molecule has 2 atom stereocenters. The summed E-state index contributed by atoms with van der Waals surface area (Å²) in [5.74, 6) is 0.0757. The number of hydrogen-bond acceptors (Lipinski definition) is 1. The van der Waals surface area contributed by atoms with Gasteiger partial charge >= 0.3 is 0 Å². The number of quaternary nitrogens is 1. The van der Waals surface area contributed by atoms with E-state index in [-0.39, 0.29) is 11.9 Å². The lowest BCUT2D eigenvalue weighted by Crippen LogP contribution is -3.12. The molecule has 0 aromatic heterocycles. The molecule has 0 spiro atoms. The Labute approximate surface area is 142 Å². The van der Waals surface area contributed by atoms with Gasteiger partial charge in [-0.25, -0.2) is 0 Å². The summed E-state index contributed by atoms with van der Waals surface area (Å²) < 4.78 is 0. The van der Waals surface area contributed by atoms with Crippen LogP contribution < -0.4 is 10.2 Å². The van der Waals surface area contributed by atoms with Gasteiger partial charge in [0, 0.05) is 17.0 Å². The molecule has 0 aliphatic carbocycles. The summed E-state index contributed by atoms with van der Waals surface area (Å²) in [6.07, 6.45) is 1.04. The smallest absolute Gasteiger partial charge is 0.275 e. The summed E-state index contributed by atoms with van der Waals surface area (Å²) in [5, 5.41) is 3.76. The lowest BCUT2D eigenvalue weighted by molar-refractivity contribution is -0.908. The molecule has 0 radical (unpaired) electrons. The zero-order chi connectivity index (χ0) is 16.2. The maximum atomic E-state index is 12.3. The van der Waals surface area contributed by atoms with Crippen molar-refractivity contribution in [2.45, 2.75) is 25.9 Å². The van der Waals surface area contributed by atoms with Gasteiger partial charge in [0.25, 0.3) is 5.91 Å². The second-order valence-corrected chi connectivity index (χ2v) is 6.59. The van der Waals surface area contributed by atoms with Crippen molar-refractivity contribution in [3.05, 3.63) is 70.2 Å². The van der Waals surface area contributed by atoms with E-state index in [2.05, 4.69) is 29.6 Å². The predicted octanol–water partition coefficient (Wildman–Crippen LogP) is 2.16. The molecule has 1 aliphatic rings. The van der Waals surface area contributed by atoms with Crippen LogP contribution in [0.1, 0.15) is 29.7 Å². The Kier molecular flexibility index (Phi) is 4.99. The quantitative estimate of drug-likeness (QED) is 0.885. The van der Waals surface area contributed by atoms with Crippen molar-refractivity contribution in [3.63, 3.8) is 0 Å². The van der Waals surface area contributed by atoms with Crippen LogP contribution in [0, 0.1) is 0 Å². The van der Waals surface area contributed by atoms with Gasteiger partial charge in [0.1, 0.15) is 6.54 Å². The van der Waals surface area contributed by atoms with Crippen LogP contribution in [0.2, 0.25) is 5.02 Å². The molecule has 0 saturated carbocycles. The third-order valence-corrected chi connectivity index (χ3v) is 4.81. The lowest BCUT2D eigenvalue weighted by atomic mass is 10.00. The monoisotopic (exact) mass is 329 g/mol. The number of benzene rings is 2. The molecule has 120 valence electrons. The van der Waals surface area contributed by atoms with Crippen molar-refractivity contribution in [2.24, 2.45) is 0 Å². The average Bonchev–Trinajstić information content (AvgIpc) is 2.55. The van der Waals surface area contributed by atoms with Gasteiger partial charge in [0.15, 0.2) is 6.54 Å². The fourth-order valence-corrected chi connectivity index (χ4v) is 3.52. The van der Waals surface area contributed by atoms with Gasteiger partial charge in [-0.15, -0.1) is 0 Å². The fourth-order valence-electron chi connectivity index (χ4n) is 3.22. The maximum Gasteiger partial charge on any atom is 0.275 e. The normalized spacial score (nSPS) is 18.1. The summed E-state index contributed by atoms with van der Waals surface area (Å²) in [4.78, 5) is 13.7. The van der Waals surface area contributed by atoms with Gasteiger partial charge in [0.2, 0.25) is 0 Å². The van der Waals surface area contributed by atoms with Gasteiger partial charge in [-0.05, 0) is 24.1 Å². The molecule has 1 heterocycles. The number of carbonyl (C=O) groups is 1. The van der Waals surface area contributed by atoms with Crippen LogP contribution in [0.25, 0.3) is 0 Å². The first kappa shape index (κ1) is 16.0. The largest absolute Gasteiger partial charge is 0.345 e. The van der Waals surface area contributed by atoms with E-state index in [0.717, 1.165) is 25.1 Å². The van der Waals surface area contributed by atoms with E-state index in [1.807, 2.05) is 31.2 Å². The fraction of sp³-hybridized carbons (Fsp3) is 0.316. The van der Waals surface area contributed by atoms with Crippen molar-refractivity contribution >= 4 is 17.5 Å². The Bertz CT molecular complexity index is 701. The van der Waals surface area contributed by atoms with Crippen molar-refractivity contribution in [1.29, 1.82) is 0 Å². The molecule has 0 saturated heterocycles. The summed E-state index contributed by atoms with van der Waals surface area (Å²) in [7, 11) is 0. The first-order valence-corrected chi connectivity index (χ1v) is 8.45. The van der Waals surface area contributed by atoms with Crippen LogP contribution >= 0.6 is 11.6 Å². The molecule has 2 aromatic carbocycles. The Hall–Kier alpha value is -1.84. The van der Waals surface area contributed by atoms with Gasteiger partial charge < -0.3 is 10.2 Å². The number of amides is 1. The summed E-state index contributed by atoms with van der Waals surface area (Å²) >= 11 is 6.19. The highest BCUT2D eigenvalue weighted by molar-refractivity contribution is 6.31. The van der Waals surface area contributed by atoms with E-state index in [1.54, 1.807) is 0 Å². The number of fused-ring (bicyclic) bond motifs is 1. The number of rotatable bonds is 4. The molecule has 4 heteroatoms. The topological polar surface area (TPSA) is 33.5 Å². The van der Waals surface area contributed by atoms with Crippen LogP contribution in [0.4, 0.5) is 0 Å². The number of carbonyl (C=O) groups excluding carboxylic acids is 1. The van der Waals surface area contributed by atoms with E-state index in [9.17, 15) is 4.79 Å². The van der Waals surface area contributed by atoms with E-state index >= 15 is 0 Å². The van der Waals surface area contributed by atoms with Crippen LogP contribution in [-0.2, 0) is 17.8 Å². The molecule has 2 aromatic rings. The number of halogens is 1. The van der Waals surface area contributed by atoms with Crippen LogP contribution in [-0.4, -0.2) is 19.0 Å². The van der Waals surface area contributed by atoms with E-state index < -0.39 is 0 Å². The van der Waals surface area contributed by atoms with Gasteiger partial charge in [-0.2, -0.15) is 0 Å². The van der Waals surface area contributed by atoms with Crippen molar-refractivity contribution in [2.75, 3.05) is 13.1 Å². The number of nitrogens with one attached hydrogen (secondary N) is 2. The molecule has 1 amide bonds. The minimum Gasteiger partial charge on any atom is -0.345 e. The second kappa shape index (κ2) is 7.16. The van der Waals surface area contributed by atoms with Gasteiger partial charge in [-0.3, -0.25) is 4.79 Å². The van der Waals surface area contributed by atoms with Crippen molar-refractivity contribution in [3.8, 4) is 0 Å². The van der Waals surface area contributed by atoms with E-state index in [1.165, 1.54) is 16.0 Å². The van der Waals surface area contributed by atoms with Gasteiger partial charge in [-0.1, -0.05) is 54.1 Å². The first-order valence-electron chi connectivity index (χ1n) is 8.07. The Morgan fingerprint density at radius 2 is 1.87 bits per heavy atom. The van der Waals surface area contributed by atoms with Crippen molar-refractivity contribution < 1.29 is 9.69 Å². The van der Waals surface area contributed by atoms with Crippen LogP contribution in [0.3, 0.4) is 0 Å². The third-order valence-electron chi connectivity index (χ3n) is 4.47. The average molecular weight is 330 g/mol. The second-order valence-electron chi connectivity index (χ2n) is 6.18. The standard InChI is InChI=1S/C19H21ClN2O/c1-14(17-8-4-5-9-18(17)20)21-19(23)13-22-11-10-15-6-2-3-7-16(15)12-22/h2-9,14H,10-13H2,1H3,(H,21,23)/p+1/t14-/m0/s1. The molecule has 1 aliphatic heterocycles.